The molecule has 2 rings (SSSR count). The lowest BCUT2D eigenvalue weighted by Gasteiger charge is -2.46. The summed E-state index contributed by atoms with van der Waals surface area (Å²) in [5.74, 6) is 0.799. The third-order valence-corrected chi connectivity index (χ3v) is 5.33. The largest absolute Gasteiger partial charge is 0.338 e. The molecule has 0 radical (unpaired) electrons. The quantitative estimate of drug-likeness (QED) is 0.781. The average Bonchev–Trinajstić information content (AvgIpc) is 2.49. The number of carbonyl (C=O) groups is 1. The van der Waals surface area contributed by atoms with Crippen LogP contribution in [0.4, 0.5) is 0 Å². The van der Waals surface area contributed by atoms with Crippen LogP contribution >= 0.6 is 0 Å². The zero-order chi connectivity index (χ0) is 13.9. The van der Waals surface area contributed by atoms with E-state index in [0.717, 1.165) is 19.4 Å². The van der Waals surface area contributed by atoms with Gasteiger partial charge in [-0.2, -0.15) is 5.26 Å². The predicted octanol–water partition coefficient (Wildman–Crippen LogP) is 3.50. The number of likely N-dealkylation sites (tertiary alicyclic amines) is 1. The van der Waals surface area contributed by atoms with Gasteiger partial charge in [0.1, 0.15) is 5.41 Å². The van der Waals surface area contributed by atoms with Crippen LogP contribution in [-0.4, -0.2) is 23.4 Å². The van der Waals surface area contributed by atoms with Crippen molar-refractivity contribution in [2.75, 3.05) is 6.54 Å². The number of carbonyl (C=O) groups excluding carboxylic acids is 1. The van der Waals surface area contributed by atoms with Crippen LogP contribution in [0.2, 0.25) is 0 Å². The van der Waals surface area contributed by atoms with Crippen molar-refractivity contribution in [2.24, 2.45) is 11.3 Å². The van der Waals surface area contributed by atoms with E-state index in [1.165, 1.54) is 25.7 Å². The molecule has 106 valence electrons. The van der Waals surface area contributed by atoms with Gasteiger partial charge < -0.3 is 4.90 Å². The number of hydrogen-bond acceptors (Lipinski definition) is 2. The fourth-order valence-corrected chi connectivity index (χ4v) is 3.91. The molecular formula is C16H26N2O. The first-order valence-corrected chi connectivity index (χ1v) is 7.91. The standard InChI is InChI=1S/C16H26N2O/c1-3-16(4-2,12-17)15(19)18-11-7-9-13-8-5-6-10-14(13)18/h13-14H,3-11H2,1-2H3. The third-order valence-electron chi connectivity index (χ3n) is 5.33. The Kier molecular flexibility index (Phi) is 4.50. The second kappa shape index (κ2) is 5.94. The number of piperidine rings is 1. The van der Waals surface area contributed by atoms with Crippen molar-refractivity contribution < 1.29 is 4.79 Å². The summed E-state index contributed by atoms with van der Waals surface area (Å²) in [6, 6.07) is 2.73. The minimum atomic E-state index is -0.778. The highest BCUT2D eigenvalue weighted by molar-refractivity contribution is 5.85. The second-order valence-corrected chi connectivity index (χ2v) is 6.15. The number of amides is 1. The van der Waals surface area contributed by atoms with Crippen LogP contribution in [-0.2, 0) is 4.79 Å². The van der Waals surface area contributed by atoms with Crippen molar-refractivity contribution in [1.82, 2.24) is 4.90 Å². The maximum Gasteiger partial charge on any atom is 0.243 e. The number of hydrogen-bond donors (Lipinski definition) is 0. The van der Waals surface area contributed by atoms with Gasteiger partial charge in [0, 0.05) is 12.6 Å². The van der Waals surface area contributed by atoms with E-state index >= 15 is 0 Å². The molecule has 1 aliphatic heterocycles. The molecule has 1 saturated heterocycles. The molecule has 0 aromatic carbocycles. The van der Waals surface area contributed by atoms with Crippen LogP contribution in [0, 0.1) is 22.7 Å². The molecule has 19 heavy (non-hydrogen) atoms. The van der Waals surface area contributed by atoms with Crippen LogP contribution in [0.5, 0.6) is 0 Å². The zero-order valence-electron chi connectivity index (χ0n) is 12.3. The predicted molar refractivity (Wildman–Crippen MR) is 75.3 cm³/mol. The molecule has 3 nitrogen and oxygen atoms in total. The molecule has 0 aromatic rings. The lowest BCUT2D eigenvalue weighted by Crippen LogP contribution is -2.54. The Morgan fingerprint density at radius 2 is 1.84 bits per heavy atom. The maximum atomic E-state index is 12.9. The van der Waals surface area contributed by atoms with E-state index in [-0.39, 0.29) is 5.91 Å². The Labute approximate surface area is 117 Å². The molecule has 1 amide bonds. The Morgan fingerprint density at radius 1 is 1.21 bits per heavy atom. The van der Waals surface area contributed by atoms with Crippen molar-refractivity contribution >= 4 is 5.91 Å². The van der Waals surface area contributed by atoms with Gasteiger partial charge in [0.15, 0.2) is 0 Å². The average molecular weight is 262 g/mol. The fourth-order valence-electron chi connectivity index (χ4n) is 3.91. The molecule has 2 aliphatic rings. The van der Waals surface area contributed by atoms with E-state index in [2.05, 4.69) is 11.0 Å². The highest BCUT2D eigenvalue weighted by atomic mass is 16.2. The van der Waals surface area contributed by atoms with Crippen molar-refractivity contribution in [3.05, 3.63) is 0 Å². The minimum Gasteiger partial charge on any atom is -0.338 e. The molecule has 0 N–H and O–H groups in total. The molecule has 2 atom stereocenters. The summed E-state index contributed by atoms with van der Waals surface area (Å²) < 4.78 is 0. The summed E-state index contributed by atoms with van der Waals surface area (Å²) in [5.41, 5.74) is -0.778. The molecule has 1 saturated carbocycles. The number of rotatable bonds is 3. The maximum absolute atomic E-state index is 12.9. The van der Waals surface area contributed by atoms with Crippen LogP contribution in [0.25, 0.3) is 0 Å². The molecular weight excluding hydrogens is 236 g/mol. The number of nitriles is 1. The topological polar surface area (TPSA) is 44.1 Å². The zero-order valence-corrected chi connectivity index (χ0v) is 12.3. The number of fused-ring (bicyclic) bond motifs is 1. The van der Waals surface area contributed by atoms with E-state index in [9.17, 15) is 10.1 Å². The van der Waals surface area contributed by atoms with Crippen molar-refractivity contribution in [3.63, 3.8) is 0 Å². The summed E-state index contributed by atoms with van der Waals surface area (Å²) in [4.78, 5) is 14.9. The van der Waals surface area contributed by atoms with E-state index in [1.54, 1.807) is 0 Å². The van der Waals surface area contributed by atoms with Crippen molar-refractivity contribution in [3.8, 4) is 6.07 Å². The summed E-state index contributed by atoms with van der Waals surface area (Å²) >= 11 is 0. The minimum absolute atomic E-state index is 0.108. The van der Waals surface area contributed by atoms with Gasteiger partial charge in [-0.25, -0.2) is 0 Å². The van der Waals surface area contributed by atoms with Crippen LogP contribution in [0.3, 0.4) is 0 Å². The molecule has 2 unspecified atom stereocenters. The Morgan fingerprint density at radius 3 is 2.47 bits per heavy atom. The highest BCUT2D eigenvalue weighted by Crippen LogP contribution is 2.38. The van der Waals surface area contributed by atoms with Gasteiger partial charge in [-0.05, 0) is 44.4 Å². The molecule has 2 fully saturated rings. The van der Waals surface area contributed by atoms with Gasteiger partial charge in [0.05, 0.1) is 6.07 Å². The first-order valence-electron chi connectivity index (χ1n) is 7.91. The molecule has 0 spiro atoms. The molecule has 1 heterocycles. The molecule has 0 aromatic heterocycles. The first-order chi connectivity index (χ1) is 9.18. The van der Waals surface area contributed by atoms with E-state index < -0.39 is 5.41 Å². The first kappa shape index (κ1) is 14.4. The Bertz CT molecular complexity index is 365. The summed E-state index contributed by atoms with van der Waals surface area (Å²) in [7, 11) is 0. The van der Waals surface area contributed by atoms with E-state index in [0.29, 0.717) is 24.8 Å². The van der Waals surface area contributed by atoms with E-state index in [4.69, 9.17) is 0 Å². The third kappa shape index (κ3) is 2.50. The molecule has 1 aliphatic carbocycles. The Balaban J connectivity index is 2.19. The van der Waals surface area contributed by atoms with Gasteiger partial charge in [-0.15, -0.1) is 0 Å². The monoisotopic (exact) mass is 262 g/mol. The van der Waals surface area contributed by atoms with Crippen LogP contribution < -0.4 is 0 Å². The summed E-state index contributed by atoms with van der Waals surface area (Å²) in [5, 5.41) is 9.48. The fraction of sp³-hybridized carbons (Fsp3) is 0.875. The van der Waals surface area contributed by atoms with Crippen molar-refractivity contribution in [1.29, 1.82) is 5.26 Å². The van der Waals surface area contributed by atoms with Crippen LogP contribution in [0.1, 0.15) is 65.2 Å². The highest BCUT2D eigenvalue weighted by Gasteiger charge is 2.44. The van der Waals surface area contributed by atoms with E-state index in [1.807, 2.05) is 13.8 Å². The molecule has 3 heteroatoms. The van der Waals surface area contributed by atoms with Crippen LogP contribution in [0.15, 0.2) is 0 Å². The van der Waals surface area contributed by atoms with Crippen molar-refractivity contribution in [2.45, 2.75) is 71.3 Å². The number of nitrogens with zero attached hydrogens (tertiary/aromatic N) is 2. The second-order valence-electron chi connectivity index (χ2n) is 6.15. The summed E-state index contributed by atoms with van der Waals surface area (Å²) in [6.07, 6.45) is 8.61. The van der Waals surface area contributed by atoms with Gasteiger partial charge in [-0.1, -0.05) is 26.7 Å². The van der Waals surface area contributed by atoms with Gasteiger partial charge in [0.2, 0.25) is 5.91 Å². The lowest BCUT2D eigenvalue weighted by atomic mass is 9.75. The smallest absolute Gasteiger partial charge is 0.243 e. The normalized spacial score (nSPS) is 27.5. The lowest BCUT2D eigenvalue weighted by molar-refractivity contribution is -0.146. The van der Waals surface area contributed by atoms with Gasteiger partial charge >= 0.3 is 0 Å². The SMILES string of the molecule is CCC(C#N)(CC)C(=O)N1CCCC2CCCCC21. The van der Waals surface area contributed by atoms with Gasteiger partial charge in [0.25, 0.3) is 0 Å². The summed E-state index contributed by atoms with van der Waals surface area (Å²) in [6.45, 7) is 4.79. The van der Waals surface area contributed by atoms with Gasteiger partial charge in [-0.3, -0.25) is 4.79 Å². The Hall–Kier alpha value is -1.04. The molecule has 0 bridgehead atoms.